The van der Waals surface area contributed by atoms with E-state index < -0.39 is 0 Å². The molecule has 2 heterocycles. The van der Waals surface area contributed by atoms with E-state index in [0.717, 1.165) is 46.0 Å². The monoisotopic (exact) mass is 364 g/mol. The maximum atomic E-state index is 6.19. The smallest absolute Gasteiger partial charge is 0.160 e. The fourth-order valence-corrected chi connectivity index (χ4v) is 2.89. The van der Waals surface area contributed by atoms with Gasteiger partial charge < -0.3 is 5.32 Å². The number of fused-ring (bicyclic) bond motifs is 1. The molecule has 0 amide bonds. The highest BCUT2D eigenvalue weighted by atomic mass is 79.9. The first-order valence-electron chi connectivity index (χ1n) is 6.67. The van der Waals surface area contributed by atoms with Crippen LogP contribution in [0.2, 0.25) is 5.02 Å². The zero-order valence-electron chi connectivity index (χ0n) is 11.3. The van der Waals surface area contributed by atoms with Crippen molar-refractivity contribution in [1.29, 1.82) is 0 Å². The van der Waals surface area contributed by atoms with E-state index in [-0.39, 0.29) is 0 Å². The Morgan fingerprint density at radius 3 is 2.95 bits per heavy atom. The Hall–Kier alpha value is -1.43. The molecule has 0 aliphatic carbocycles. The Labute approximate surface area is 136 Å². The van der Waals surface area contributed by atoms with E-state index in [2.05, 4.69) is 31.4 Å². The lowest BCUT2D eigenvalue weighted by molar-refractivity contribution is 0.667. The number of hydrogen-bond donors (Lipinski definition) is 1. The third-order valence-electron chi connectivity index (χ3n) is 3.24. The lowest BCUT2D eigenvalue weighted by Crippen LogP contribution is -2.18. The molecule has 0 saturated heterocycles. The first kappa shape index (κ1) is 14.5. The summed E-state index contributed by atoms with van der Waals surface area (Å²) in [6.07, 6.45) is 2.80. The molecule has 21 heavy (non-hydrogen) atoms. The molecule has 2 aromatic heterocycles. The molecule has 0 radical (unpaired) electrons. The quantitative estimate of drug-likeness (QED) is 0.704. The third-order valence-corrected chi connectivity index (χ3v) is 4.09. The van der Waals surface area contributed by atoms with Crippen LogP contribution in [0.3, 0.4) is 0 Å². The molecule has 0 fully saturated rings. The number of benzene rings is 1. The number of rotatable bonds is 5. The molecule has 0 aliphatic heterocycles. The summed E-state index contributed by atoms with van der Waals surface area (Å²) < 4.78 is 3.00. The molecule has 3 aromatic rings. The topological polar surface area (TPSA) is 42.2 Å². The Morgan fingerprint density at radius 1 is 1.19 bits per heavy atom. The van der Waals surface area contributed by atoms with Gasteiger partial charge in [-0.25, -0.2) is 0 Å². The maximum absolute atomic E-state index is 6.19. The Kier molecular flexibility index (Phi) is 4.53. The van der Waals surface area contributed by atoms with Gasteiger partial charge in [0.25, 0.3) is 0 Å². The summed E-state index contributed by atoms with van der Waals surface area (Å²) in [5, 5.41) is 12.5. The molecule has 108 valence electrons. The Balaban J connectivity index is 1.57. The van der Waals surface area contributed by atoms with E-state index in [4.69, 9.17) is 11.6 Å². The van der Waals surface area contributed by atoms with Crippen molar-refractivity contribution in [3.8, 4) is 0 Å². The minimum absolute atomic E-state index is 0.739. The molecule has 0 spiro atoms. The SMILES string of the molecule is Clc1cc(Br)ccc1CNCCc1nnc2ccccn12. The first-order valence-corrected chi connectivity index (χ1v) is 7.84. The molecule has 6 heteroatoms. The molecule has 1 N–H and O–H groups in total. The zero-order chi connectivity index (χ0) is 14.7. The largest absolute Gasteiger partial charge is 0.312 e. The van der Waals surface area contributed by atoms with Crippen LogP contribution >= 0.6 is 27.5 Å². The highest BCUT2D eigenvalue weighted by Crippen LogP contribution is 2.21. The highest BCUT2D eigenvalue weighted by molar-refractivity contribution is 9.10. The minimum Gasteiger partial charge on any atom is -0.312 e. The predicted octanol–water partition coefficient (Wildman–Crippen LogP) is 3.48. The third kappa shape index (κ3) is 3.43. The maximum Gasteiger partial charge on any atom is 0.160 e. The van der Waals surface area contributed by atoms with Gasteiger partial charge in [0.2, 0.25) is 0 Å². The van der Waals surface area contributed by atoms with Crippen molar-refractivity contribution in [1.82, 2.24) is 19.9 Å². The molecular formula is C15H14BrClN4. The van der Waals surface area contributed by atoms with Gasteiger partial charge in [-0.2, -0.15) is 0 Å². The standard InChI is InChI=1S/C15H14BrClN4/c16-12-5-4-11(13(17)9-12)10-18-7-6-15-20-19-14-3-1-2-8-21(14)15/h1-5,8-9,18H,6-7,10H2. The highest BCUT2D eigenvalue weighted by Gasteiger charge is 2.04. The second kappa shape index (κ2) is 6.56. The first-order chi connectivity index (χ1) is 10.2. The summed E-state index contributed by atoms with van der Waals surface area (Å²) in [4.78, 5) is 0. The van der Waals surface area contributed by atoms with Gasteiger partial charge in [-0.05, 0) is 29.8 Å². The molecule has 0 bridgehead atoms. The molecule has 3 rings (SSSR count). The lowest BCUT2D eigenvalue weighted by atomic mass is 10.2. The summed E-state index contributed by atoms with van der Waals surface area (Å²) in [6.45, 7) is 1.56. The van der Waals surface area contributed by atoms with Crippen LogP contribution in [0.15, 0.2) is 47.1 Å². The van der Waals surface area contributed by atoms with E-state index >= 15 is 0 Å². The van der Waals surface area contributed by atoms with Crippen LogP contribution in [-0.2, 0) is 13.0 Å². The Morgan fingerprint density at radius 2 is 2.10 bits per heavy atom. The summed E-state index contributed by atoms with van der Waals surface area (Å²) in [5.74, 6) is 0.958. The van der Waals surface area contributed by atoms with Crippen LogP contribution in [0.4, 0.5) is 0 Å². The number of aromatic nitrogens is 3. The van der Waals surface area contributed by atoms with Gasteiger partial charge in [0.1, 0.15) is 5.82 Å². The van der Waals surface area contributed by atoms with E-state index in [1.54, 1.807) is 0 Å². The van der Waals surface area contributed by atoms with Crippen LogP contribution in [0.5, 0.6) is 0 Å². The number of pyridine rings is 1. The van der Waals surface area contributed by atoms with E-state index in [9.17, 15) is 0 Å². The zero-order valence-corrected chi connectivity index (χ0v) is 13.6. The fourth-order valence-electron chi connectivity index (χ4n) is 2.15. The second-order valence-corrected chi connectivity index (χ2v) is 6.03. The summed E-state index contributed by atoms with van der Waals surface area (Å²) >= 11 is 9.59. The number of hydrogen-bond acceptors (Lipinski definition) is 3. The van der Waals surface area contributed by atoms with Gasteiger partial charge >= 0.3 is 0 Å². The Bertz CT molecular complexity index is 756. The molecule has 1 aromatic carbocycles. The number of halogens is 2. The minimum atomic E-state index is 0.739. The van der Waals surface area contributed by atoms with Crippen LogP contribution in [0, 0.1) is 0 Å². The average Bonchev–Trinajstić information content (AvgIpc) is 2.89. The van der Waals surface area contributed by atoms with Gasteiger partial charge in [0.15, 0.2) is 5.65 Å². The van der Waals surface area contributed by atoms with Gasteiger partial charge in [-0.3, -0.25) is 4.40 Å². The molecule has 4 nitrogen and oxygen atoms in total. The van der Waals surface area contributed by atoms with Crippen molar-refractivity contribution in [2.45, 2.75) is 13.0 Å². The van der Waals surface area contributed by atoms with Crippen molar-refractivity contribution in [2.75, 3.05) is 6.54 Å². The van der Waals surface area contributed by atoms with Crippen molar-refractivity contribution in [2.24, 2.45) is 0 Å². The summed E-state index contributed by atoms with van der Waals surface area (Å²) in [6, 6.07) is 11.8. The second-order valence-electron chi connectivity index (χ2n) is 4.71. The van der Waals surface area contributed by atoms with Crippen LogP contribution in [0.1, 0.15) is 11.4 Å². The molecule has 0 aliphatic rings. The normalized spacial score (nSPS) is 11.1. The van der Waals surface area contributed by atoms with Crippen molar-refractivity contribution >= 4 is 33.2 Å². The van der Waals surface area contributed by atoms with E-state index in [1.165, 1.54) is 0 Å². The average molecular weight is 366 g/mol. The van der Waals surface area contributed by atoms with Crippen molar-refractivity contribution < 1.29 is 0 Å². The summed E-state index contributed by atoms with van der Waals surface area (Å²) in [5.41, 5.74) is 1.97. The van der Waals surface area contributed by atoms with Gasteiger partial charge in [-0.15, -0.1) is 10.2 Å². The molecule has 0 saturated carbocycles. The molecular weight excluding hydrogens is 352 g/mol. The number of nitrogens with zero attached hydrogens (tertiary/aromatic N) is 3. The lowest BCUT2D eigenvalue weighted by Gasteiger charge is -2.06. The molecule has 0 atom stereocenters. The van der Waals surface area contributed by atoms with Crippen LogP contribution in [0.25, 0.3) is 5.65 Å². The van der Waals surface area contributed by atoms with E-state index in [0.29, 0.717) is 0 Å². The van der Waals surface area contributed by atoms with Crippen LogP contribution < -0.4 is 5.32 Å². The summed E-state index contributed by atoms with van der Waals surface area (Å²) in [7, 11) is 0. The number of nitrogens with one attached hydrogen (secondary N) is 1. The molecule has 0 unspecified atom stereocenters. The van der Waals surface area contributed by atoms with Gasteiger partial charge in [-0.1, -0.05) is 39.7 Å². The van der Waals surface area contributed by atoms with Gasteiger partial charge in [0, 0.05) is 35.2 Å². The predicted molar refractivity (Wildman–Crippen MR) is 87.5 cm³/mol. The van der Waals surface area contributed by atoms with Crippen molar-refractivity contribution in [3.05, 3.63) is 63.5 Å². The van der Waals surface area contributed by atoms with Crippen LogP contribution in [-0.4, -0.2) is 21.1 Å². The van der Waals surface area contributed by atoms with Crippen molar-refractivity contribution in [3.63, 3.8) is 0 Å². The van der Waals surface area contributed by atoms with E-state index in [1.807, 2.05) is 47.0 Å². The fraction of sp³-hybridized carbons (Fsp3) is 0.200. The van der Waals surface area contributed by atoms with Gasteiger partial charge in [0.05, 0.1) is 0 Å².